The SMILES string of the molecule is CC1C(c2ccccc2Cl)=C(c2nc3ccccc3[nH]2)C(c2ccccc2Cl)=C(c2cnc3ccccc3c2)N1c1ccccc1Br. The van der Waals surface area contributed by atoms with E-state index in [9.17, 15) is 0 Å². The van der Waals surface area contributed by atoms with E-state index in [0.717, 1.165) is 77.0 Å². The van der Waals surface area contributed by atoms with Crippen LogP contribution in [0.25, 0.3) is 44.4 Å². The molecule has 1 atom stereocenters. The highest BCUT2D eigenvalue weighted by molar-refractivity contribution is 9.10. The Morgan fingerprint density at radius 3 is 2.09 bits per heavy atom. The van der Waals surface area contributed by atoms with Crippen molar-refractivity contribution in [1.82, 2.24) is 15.0 Å². The van der Waals surface area contributed by atoms with Crippen LogP contribution in [0.4, 0.5) is 5.69 Å². The molecule has 0 saturated heterocycles. The minimum atomic E-state index is -0.204. The summed E-state index contributed by atoms with van der Waals surface area (Å²) >= 11 is 18.1. The van der Waals surface area contributed by atoms with Crippen LogP contribution in [0.2, 0.25) is 10.0 Å². The van der Waals surface area contributed by atoms with Gasteiger partial charge in [-0.25, -0.2) is 4.98 Å². The second-order valence-electron chi connectivity index (χ2n) is 11.5. The lowest BCUT2D eigenvalue weighted by molar-refractivity contribution is 0.880. The van der Waals surface area contributed by atoms with E-state index < -0.39 is 0 Å². The van der Waals surface area contributed by atoms with Gasteiger partial charge >= 0.3 is 0 Å². The Bertz CT molecular complexity index is 2360. The lowest BCUT2D eigenvalue weighted by Crippen LogP contribution is -2.37. The van der Waals surface area contributed by atoms with E-state index in [1.165, 1.54) is 0 Å². The van der Waals surface area contributed by atoms with Crippen LogP contribution >= 0.6 is 39.1 Å². The molecule has 2 aromatic heterocycles. The second kappa shape index (κ2) is 12.2. The maximum Gasteiger partial charge on any atom is 0.139 e. The Hall–Kier alpha value is -4.68. The maximum absolute atomic E-state index is 7.17. The first-order chi connectivity index (χ1) is 23.0. The fraction of sp³-hybridized carbons (Fsp3) is 0.0500. The van der Waals surface area contributed by atoms with Crippen molar-refractivity contribution in [3.8, 4) is 0 Å². The van der Waals surface area contributed by atoms with Crippen molar-refractivity contribution in [3.63, 3.8) is 0 Å². The molecule has 0 fully saturated rings. The number of anilines is 1. The van der Waals surface area contributed by atoms with Gasteiger partial charge in [0.15, 0.2) is 0 Å². The first-order valence-corrected chi connectivity index (χ1v) is 16.9. The lowest BCUT2D eigenvalue weighted by atomic mass is 9.80. The summed E-state index contributed by atoms with van der Waals surface area (Å²) in [6.07, 6.45) is 1.96. The average molecular weight is 714 g/mol. The number of aromatic nitrogens is 3. The molecule has 1 aliphatic rings. The van der Waals surface area contributed by atoms with Gasteiger partial charge < -0.3 is 9.88 Å². The van der Waals surface area contributed by atoms with Crippen molar-refractivity contribution < 1.29 is 0 Å². The molecule has 0 radical (unpaired) electrons. The number of H-pyrrole nitrogens is 1. The number of nitrogens with one attached hydrogen (secondary N) is 1. The summed E-state index contributed by atoms with van der Waals surface area (Å²) in [7, 11) is 0. The zero-order valence-electron chi connectivity index (χ0n) is 25.3. The van der Waals surface area contributed by atoms with Crippen LogP contribution in [0.5, 0.6) is 0 Å². The van der Waals surface area contributed by atoms with Gasteiger partial charge in [0.2, 0.25) is 0 Å². The number of aromatic amines is 1. The minimum Gasteiger partial charge on any atom is -0.338 e. The number of para-hydroxylation sites is 4. The fourth-order valence-electron chi connectivity index (χ4n) is 6.65. The molecule has 47 heavy (non-hydrogen) atoms. The van der Waals surface area contributed by atoms with E-state index in [-0.39, 0.29) is 6.04 Å². The standard InChI is InChI=1S/C40H27BrCl2N4/c1-24-36(27-13-3-6-16-30(27)42)38(40-45-33-19-9-10-20-34(33)46-40)37(28-14-4-7-17-31(28)43)39(47(24)35-21-11-5-15-29(35)41)26-22-25-12-2-8-18-32(25)44-23-26/h2-24H,1H3,(H,45,46). The molecule has 0 spiro atoms. The summed E-state index contributed by atoms with van der Waals surface area (Å²) in [5, 5.41) is 2.33. The summed E-state index contributed by atoms with van der Waals surface area (Å²) < 4.78 is 0.960. The third-order valence-electron chi connectivity index (χ3n) is 8.71. The predicted molar refractivity (Wildman–Crippen MR) is 200 cm³/mol. The van der Waals surface area contributed by atoms with Gasteiger partial charge in [-0.2, -0.15) is 0 Å². The highest BCUT2D eigenvalue weighted by Gasteiger charge is 2.39. The van der Waals surface area contributed by atoms with Crippen LogP contribution in [0.3, 0.4) is 0 Å². The molecule has 3 heterocycles. The van der Waals surface area contributed by atoms with Gasteiger partial charge in [0.1, 0.15) is 5.82 Å². The molecule has 5 aromatic carbocycles. The van der Waals surface area contributed by atoms with Crippen molar-refractivity contribution in [1.29, 1.82) is 0 Å². The van der Waals surface area contributed by atoms with Crippen LogP contribution in [-0.2, 0) is 0 Å². The average Bonchev–Trinajstić information content (AvgIpc) is 3.53. The topological polar surface area (TPSA) is 44.8 Å². The van der Waals surface area contributed by atoms with Crippen molar-refractivity contribution in [2.45, 2.75) is 13.0 Å². The van der Waals surface area contributed by atoms with E-state index in [2.05, 4.69) is 75.2 Å². The first-order valence-electron chi connectivity index (χ1n) is 15.3. The molecule has 1 N–H and O–H groups in total. The summed E-state index contributed by atoms with van der Waals surface area (Å²) in [6.45, 7) is 2.22. The number of hydrogen-bond donors (Lipinski definition) is 1. The predicted octanol–water partition coefficient (Wildman–Crippen LogP) is 11.6. The highest BCUT2D eigenvalue weighted by atomic mass is 79.9. The zero-order valence-corrected chi connectivity index (χ0v) is 28.4. The molecule has 0 aliphatic carbocycles. The molecule has 7 aromatic rings. The lowest BCUT2D eigenvalue weighted by Gasteiger charge is -2.42. The van der Waals surface area contributed by atoms with Crippen LogP contribution < -0.4 is 4.90 Å². The van der Waals surface area contributed by atoms with Gasteiger partial charge in [-0.15, -0.1) is 0 Å². The normalized spacial score (nSPS) is 15.2. The van der Waals surface area contributed by atoms with Crippen molar-refractivity contribution in [2.24, 2.45) is 0 Å². The summed E-state index contributed by atoms with van der Waals surface area (Å²) in [6, 6.07) is 42.6. The molecule has 8 rings (SSSR count). The number of fused-ring (bicyclic) bond motifs is 2. The summed E-state index contributed by atoms with van der Waals surface area (Å²) in [5.41, 5.74) is 10.3. The summed E-state index contributed by atoms with van der Waals surface area (Å²) in [4.78, 5) is 16.2. The third-order valence-corrected chi connectivity index (χ3v) is 10.0. The number of benzene rings is 5. The monoisotopic (exact) mass is 712 g/mol. The largest absolute Gasteiger partial charge is 0.338 e. The van der Waals surface area contributed by atoms with E-state index >= 15 is 0 Å². The number of halogens is 3. The van der Waals surface area contributed by atoms with Crippen LogP contribution in [0, 0.1) is 0 Å². The van der Waals surface area contributed by atoms with Crippen molar-refractivity contribution in [2.75, 3.05) is 4.90 Å². The van der Waals surface area contributed by atoms with Crippen LogP contribution in [-0.4, -0.2) is 21.0 Å². The highest BCUT2D eigenvalue weighted by Crippen LogP contribution is 2.53. The smallest absolute Gasteiger partial charge is 0.139 e. The first kappa shape index (κ1) is 29.7. The molecular weight excluding hydrogens is 687 g/mol. The Morgan fingerprint density at radius 2 is 1.34 bits per heavy atom. The number of allylic oxidation sites excluding steroid dienone is 2. The Balaban J connectivity index is 1.59. The second-order valence-corrected chi connectivity index (χ2v) is 13.2. The minimum absolute atomic E-state index is 0.204. The maximum atomic E-state index is 7.17. The summed E-state index contributed by atoms with van der Waals surface area (Å²) in [5.74, 6) is 0.737. The van der Waals surface area contributed by atoms with Crippen LogP contribution in [0.15, 0.2) is 138 Å². The number of rotatable bonds is 5. The molecule has 0 amide bonds. The van der Waals surface area contributed by atoms with Crippen molar-refractivity contribution >= 4 is 89.2 Å². The number of nitrogens with zero attached hydrogens (tertiary/aromatic N) is 3. The van der Waals surface area contributed by atoms with Gasteiger partial charge in [0.25, 0.3) is 0 Å². The van der Waals surface area contributed by atoms with E-state index in [1.54, 1.807) is 0 Å². The van der Waals surface area contributed by atoms with Gasteiger partial charge in [-0.3, -0.25) is 4.98 Å². The molecule has 228 valence electrons. The molecular formula is C40H27BrCl2N4. The van der Waals surface area contributed by atoms with Crippen molar-refractivity contribution in [3.05, 3.63) is 171 Å². The Labute approximate surface area is 291 Å². The number of pyridine rings is 1. The van der Waals surface area contributed by atoms with Gasteiger partial charge in [0, 0.05) is 48.4 Å². The van der Waals surface area contributed by atoms with Gasteiger partial charge in [-0.1, -0.05) is 102 Å². The Kier molecular flexibility index (Phi) is 7.69. The zero-order chi connectivity index (χ0) is 32.1. The molecule has 7 heteroatoms. The molecule has 0 saturated carbocycles. The van der Waals surface area contributed by atoms with E-state index in [4.69, 9.17) is 33.2 Å². The van der Waals surface area contributed by atoms with Crippen LogP contribution in [0.1, 0.15) is 29.4 Å². The molecule has 1 aliphatic heterocycles. The number of imidazole rings is 1. The molecule has 4 nitrogen and oxygen atoms in total. The Morgan fingerprint density at radius 1 is 0.702 bits per heavy atom. The van der Waals surface area contributed by atoms with E-state index in [0.29, 0.717) is 10.0 Å². The fourth-order valence-corrected chi connectivity index (χ4v) is 7.59. The van der Waals surface area contributed by atoms with E-state index in [1.807, 2.05) is 91.1 Å². The molecule has 0 bridgehead atoms. The number of hydrogen-bond acceptors (Lipinski definition) is 3. The van der Waals surface area contributed by atoms with Gasteiger partial charge in [0.05, 0.1) is 34.0 Å². The quantitative estimate of drug-likeness (QED) is 0.193. The third kappa shape index (κ3) is 5.16. The van der Waals surface area contributed by atoms with Gasteiger partial charge in [-0.05, 0) is 82.5 Å². The molecule has 1 unspecified atom stereocenters.